The highest BCUT2D eigenvalue weighted by molar-refractivity contribution is 7.93. The molecule has 2 heterocycles. The van der Waals surface area contributed by atoms with Gasteiger partial charge in [-0.2, -0.15) is 4.39 Å². The van der Waals surface area contributed by atoms with Crippen molar-refractivity contribution in [3.63, 3.8) is 0 Å². The molecule has 0 saturated carbocycles. The fraction of sp³-hybridized carbons (Fsp3) is 0.304. The predicted molar refractivity (Wildman–Crippen MR) is 122 cm³/mol. The molecule has 32 heavy (non-hydrogen) atoms. The topological polar surface area (TPSA) is 87.6 Å². The Morgan fingerprint density at radius 3 is 2.38 bits per heavy atom. The summed E-state index contributed by atoms with van der Waals surface area (Å²) in [5, 5.41) is 9.71. The summed E-state index contributed by atoms with van der Waals surface area (Å²) in [6.07, 6.45) is 0.191. The van der Waals surface area contributed by atoms with E-state index < -0.39 is 21.9 Å². The minimum Gasteiger partial charge on any atom is -0.465 e. The molecule has 0 aliphatic heterocycles. The van der Waals surface area contributed by atoms with Crippen molar-refractivity contribution in [3.05, 3.63) is 65.0 Å². The molecule has 0 spiro atoms. The van der Waals surface area contributed by atoms with Crippen molar-refractivity contribution in [2.45, 2.75) is 43.3 Å². The summed E-state index contributed by atoms with van der Waals surface area (Å²) in [6.45, 7) is 7.72. The van der Waals surface area contributed by atoms with Gasteiger partial charge in [0.2, 0.25) is 15.8 Å². The highest BCUT2D eigenvalue weighted by Gasteiger charge is 2.31. The number of nitrogens with zero attached hydrogens (tertiary/aromatic N) is 2. The van der Waals surface area contributed by atoms with Crippen LogP contribution in [0.2, 0.25) is 0 Å². The smallest absolute Gasteiger partial charge is 0.407 e. The van der Waals surface area contributed by atoms with Crippen molar-refractivity contribution >= 4 is 27.3 Å². The first kappa shape index (κ1) is 23.9. The van der Waals surface area contributed by atoms with E-state index in [0.717, 1.165) is 11.3 Å². The molecule has 6 nitrogen and oxygen atoms in total. The summed E-state index contributed by atoms with van der Waals surface area (Å²) in [6, 6.07) is 10.9. The van der Waals surface area contributed by atoms with Crippen molar-refractivity contribution in [3.8, 4) is 11.1 Å². The second-order valence-corrected chi connectivity index (χ2v) is 11.9. The van der Waals surface area contributed by atoms with Crippen LogP contribution >= 0.6 is 11.3 Å². The lowest BCUT2D eigenvalue weighted by Crippen LogP contribution is -2.36. The van der Waals surface area contributed by atoms with E-state index in [4.69, 9.17) is 0 Å². The molecule has 9 heteroatoms. The number of thiophene rings is 1. The van der Waals surface area contributed by atoms with Crippen molar-refractivity contribution < 1.29 is 22.7 Å². The first-order valence-corrected chi connectivity index (χ1v) is 12.2. The minimum absolute atomic E-state index is 0.00228. The van der Waals surface area contributed by atoms with Gasteiger partial charge in [-0.3, -0.25) is 0 Å². The van der Waals surface area contributed by atoms with E-state index >= 15 is 0 Å². The van der Waals surface area contributed by atoms with Crippen LogP contribution in [0.25, 0.3) is 11.1 Å². The summed E-state index contributed by atoms with van der Waals surface area (Å²) >= 11 is 0.976. The zero-order valence-corrected chi connectivity index (χ0v) is 19.9. The fourth-order valence-electron chi connectivity index (χ4n) is 3.40. The Bertz CT molecular complexity index is 1230. The Kier molecular flexibility index (Phi) is 6.71. The van der Waals surface area contributed by atoms with E-state index in [-0.39, 0.29) is 38.7 Å². The Morgan fingerprint density at radius 2 is 1.81 bits per heavy atom. The molecule has 0 aliphatic carbocycles. The second-order valence-electron chi connectivity index (χ2n) is 8.67. The lowest BCUT2D eigenvalue weighted by atomic mass is 9.96. The van der Waals surface area contributed by atoms with E-state index in [1.807, 2.05) is 20.8 Å². The molecule has 3 rings (SSSR count). The Hall–Kier alpha value is -2.78. The number of carbonyl (C=O) groups is 1. The van der Waals surface area contributed by atoms with Gasteiger partial charge in [-0.15, -0.1) is 11.3 Å². The number of pyridine rings is 1. The van der Waals surface area contributed by atoms with Crippen LogP contribution in [0.3, 0.4) is 0 Å². The van der Waals surface area contributed by atoms with Gasteiger partial charge in [-0.25, -0.2) is 18.2 Å². The first-order chi connectivity index (χ1) is 14.9. The van der Waals surface area contributed by atoms with Gasteiger partial charge < -0.3 is 10.0 Å². The molecule has 170 valence electrons. The van der Waals surface area contributed by atoms with Gasteiger partial charge >= 0.3 is 6.09 Å². The number of carboxylic acid groups (broad SMARTS) is 1. The molecule has 1 amide bonds. The molecule has 0 bridgehead atoms. The highest BCUT2D eigenvalue weighted by atomic mass is 32.2. The molecule has 0 fully saturated rings. The van der Waals surface area contributed by atoms with Gasteiger partial charge in [0.25, 0.3) is 0 Å². The van der Waals surface area contributed by atoms with Crippen LogP contribution < -0.4 is 0 Å². The highest BCUT2D eigenvalue weighted by Crippen LogP contribution is 2.43. The first-order valence-electron chi connectivity index (χ1n) is 9.93. The van der Waals surface area contributed by atoms with Crippen LogP contribution in [0.5, 0.6) is 0 Å². The van der Waals surface area contributed by atoms with Crippen molar-refractivity contribution in [2.75, 3.05) is 6.54 Å². The van der Waals surface area contributed by atoms with Crippen molar-refractivity contribution in [2.24, 2.45) is 5.41 Å². The van der Waals surface area contributed by atoms with Gasteiger partial charge in [-0.05, 0) is 42.2 Å². The maximum Gasteiger partial charge on any atom is 0.407 e. The average molecular weight is 477 g/mol. The van der Waals surface area contributed by atoms with Crippen LogP contribution in [0.4, 0.5) is 9.18 Å². The quantitative estimate of drug-likeness (QED) is 0.467. The van der Waals surface area contributed by atoms with Gasteiger partial charge in [0, 0.05) is 28.7 Å². The van der Waals surface area contributed by atoms with E-state index in [1.165, 1.54) is 35.4 Å². The Balaban J connectivity index is 2.21. The Labute approximate surface area is 191 Å². The summed E-state index contributed by atoms with van der Waals surface area (Å²) in [5.74, 6) is -0.783. The predicted octanol–water partition coefficient (Wildman–Crippen LogP) is 5.62. The molecule has 0 unspecified atom stereocenters. The summed E-state index contributed by atoms with van der Waals surface area (Å²) in [5.41, 5.74) is 0.526. The second kappa shape index (κ2) is 8.99. The average Bonchev–Trinajstić information content (AvgIpc) is 3.04. The molecule has 0 saturated heterocycles. The van der Waals surface area contributed by atoms with Crippen LogP contribution in [0.15, 0.2) is 57.8 Å². The fourth-order valence-corrected chi connectivity index (χ4v) is 6.76. The maximum absolute atomic E-state index is 14.6. The molecule has 1 N–H and O–H groups in total. The molecule has 0 atom stereocenters. The largest absolute Gasteiger partial charge is 0.465 e. The zero-order valence-electron chi connectivity index (χ0n) is 18.3. The zero-order chi connectivity index (χ0) is 23.7. The Morgan fingerprint density at radius 1 is 1.16 bits per heavy atom. The monoisotopic (exact) mass is 476 g/mol. The molecule has 0 aliphatic rings. The van der Waals surface area contributed by atoms with Crippen LogP contribution in [0, 0.1) is 18.3 Å². The number of hydrogen-bond donors (Lipinski definition) is 1. The van der Waals surface area contributed by atoms with Gasteiger partial charge in [0.05, 0.1) is 11.4 Å². The van der Waals surface area contributed by atoms with E-state index in [0.29, 0.717) is 10.4 Å². The lowest BCUT2D eigenvalue weighted by Gasteiger charge is -2.27. The van der Waals surface area contributed by atoms with Gasteiger partial charge in [0.15, 0.2) is 0 Å². The third kappa shape index (κ3) is 4.99. The minimum atomic E-state index is -3.97. The SMILES string of the molecule is Cc1c(CN(CC(C)(C)C)C(=O)O)sc(S(=O)(=O)c2ccccc2)c1-c1cccnc1F. The summed E-state index contributed by atoms with van der Waals surface area (Å²) in [4.78, 5) is 17.4. The van der Waals surface area contributed by atoms with Crippen molar-refractivity contribution in [1.29, 1.82) is 0 Å². The number of hydrogen-bond acceptors (Lipinski definition) is 5. The van der Waals surface area contributed by atoms with Crippen LogP contribution in [-0.2, 0) is 16.4 Å². The standard InChI is InChI=1S/C23H25FN2O4S2/c1-15-18(13-26(22(27)28)14-23(2,3)4)31-21(19(15)17-11-8-12-25-20(17)24)32(29,30)16-9-6-5-7-10-16/h5-12H,13-14H2,1-4H3,(H,27,28). The number of amides is 1. The van der Waals surface area contributed by atoms with E-state index in [1.54, 1.807) is 25.1 Å². The summed E-state index contributed by atoms with van der Waals surface area (Å²) in [7, 11) is -3.97. The molecule has 1 aromatic carbocycles. The van der Waals surface area contributed by atoms with Gasteiger partial charge in [-0.1, -0.05) is 39.0 Å². The lowest BCUT2D eigenvalue weighted by molar-refractivity contribution is 0.123. The van der Waals surface area contributed by atoms with Gasteiger partial charge in [0.1, 0.15) is 4.21 Å². The number of sulfone groups is 1. The number of benzene rings is 1. The molecule has 0 radical (unpaired) electrons. The number of rotatable bonds is 6. The normalized spacial score (nSPS) is 12.0. The van der Waals surface area contributed by atoms with E-state index in [2.05, 4.69) is 4.98 Å². The molecular weight excluding hydrogens is 451 g/mol. The van der Waals surface area contributed by atoms with Crippen LogP contribution in [-0.4, -0.2) is 36.0 Å². The van der Waals surface area contributed by atoms with Crippen molar-refractivity contribution in [1.82, 2.24) is 9.88 Å². The third-order valence-electron chi connectivity index (χ3n) is 4.81. The third-order valence-corrected chi connectivity index (χ3v) is 8.37. The molecule has 3 aromatic rings. The molecular formula is C23H25FN2O4S2. The molecule has 2 aromatic heterocycles. The van der Waals surface area contributed by atoms with E-state index in [9.17, 15) is 22.7 Å². The number of aromatic nitrogens is 1. The summed E-state index contributed by atoms with van der Waals surface area (Å²) < 4.78 is 41.6. The van der Waals surface area contributed by atoms with Crippen LogP contribution in [0.1, 0.15) is 31.2 Å². The maximum atomic E-state index is 14.6. The number of halogens is 1.